The molecule has 1 atom stereocenters. The first-order valence-electron chi connectivity index (χ1n) is 9.00. The van der Waals surface area contributed by atoms with Crippen LogP contribution in [0.4, 0.5) is 5.69 Å². The molecule has 0 spiro atoms. The molecule has 0 radical (unpaired) electrons. The van der Waals surface area contributed by atoms with E-state index in [-0.39, 0.29) is 5.56 Å². The molecular weight excluding hydrogens is 300 g/mol. The van der Waals surface area contributed by atoms with Gasteiger partial charge in [-0.15, -0.1) is 0 Å². The Morgan fingerprint density at radius 1 is 1.21 bits per heavy atom. The smallest absolute Gasteiger partial charge is 0.267 e. The molecule has 0 aromatic carbocycles. The number of nitrogens with zero attached hydrogens (tertiary/aromatic N) is 4. The van der Waals surface area contributed by atoms with Crippen LogP contribution in [0, 0.1) is 6.92 Å². The minimum atomic E-state index is 0.0495. The Morgan fingerprint density at radius 2 is 2.08 bits per heavy atom. The van der Waals surface area contributed by atoms with Gasteiger partial charge >= 0.3 is 0 Å². The molecule has 5 nitrogen and oxygen atoms in total. The normalized spacial score (nSPS) is 20.2. The summed E-state index contributed by atoms with van der Waals surface area (Å²) in [5.41, 5.74) is 4.58. The van der Waals surface area contributed by atoms with Gasteiger partial charge in [0.05, 0.1) is 12.2 Å². The first-order valence-corrected chi connectivity index (χ1v) is 9.00. The maximum absolute atomic E-state index is 12.4. The summed E-state index contributed by atoms with van der Waals surface area (Å²) in [4.78, 5) is 19.1. The van der Waals surface area contributed by atoms with Crippen LogP contribution in [-0.2, 0) is 19.4 Å². The van der Waals surface area contributed by atoms with E-state index in [2.05, 4.69) is 27.1 Å². The van der Waals surface area contributed by atoms with Gasteiger partial charge in [-0.2, -0.15) is 5.10 Å². The lowest BCUT2D eigenvalue weighted by Gasteiger charge is -2.27. The zero-order valence-electron chi connectivity index (χ0n) is 14.2. The first kappa shape index (κ1) is 15.4. The molecule has 0 amide bonds. The molecule has 1 saturated heterocycles. The van der Waals surface area contributed by atoms with Crippen LogP contribution in [0.1, 0.15) is 42.6 Å². The number of rotatable bonds is 3. The Bertz CT molecular complexity index is 798. The standard InChI is InChI=1S/C19H24N4O/c1-14-11-16(8-9-20-14)22-10-4-6-17(22)13-23-19(24)12-15-5-2-3-7-18(15)21-23/h8-9,11-12,17H,2-7,10,13H2,1H3. The van der Waals surface area contributed by atoms with Crippen LogP contribution < -0.4 is 10.5 Å². The predicted octanol–water partition coefficient (Wildman–Crippen LogP) is 2.49. The maximum Gasteiger partial charge on any atom is 0.267 e. The van der Waals surface area contributed by atoms with Crippen molar-refractivity contribution in [1.82, 2.24) is 14.8 Å². The van der Waals surface area contributed by atoms with Crippen molar-refractivity contribution in [3.05, 3.63) is 51.7 Å². The van der Waals surface area contributed by atoms with Crippen LogP contribution in [0.5, 0.6) is 0 Å². The number of aromatic nitrogens is 3. The second-order valence-electron chi connectivity index (χ2n) is 6.99. The van der Waals surface area contributed by atoms with E-state index < -0.39 is 0 Å². The number of hydrogen-bond acceptors (Lipinski definition) is 4. The molecule has 1 aliphatic heterocycles. The zero-order valence-corrected chi connectivity index (χ0v) is 14.2. The van der Waals surface area contributed by atoms with Gasteiger partial charge in [-0.1, -0.05) is 0 Å². The largest absolute Gasteiger partial charge is 0.367 e. The molecule has 0 saturated carbocycles. The molecule has 1 fully saturated rings. The number of aryl methyl sites for hydroxylation is 3. The summed E-state index contributed by atoms with van der Waals surface area (Å²) in [5.74, 6) is 0. The third kappa shape index (κ3) is 2.95. The number of anilines is 1. The number of pyridine rings is 1. The zero-order chi connectivity index (χ0) is 16.5. The van der Waals surface area contributed by atoms with Crippen molar-refractivity contribution in [3.63, 3.8) is 0 Å². The van der Waals surface area contributed by atoms with Crippen molar-refractivity contribution >= 4 is 5.69 Å². The molecule has 5 heteroatoms. The summed E-state index contributed by atoms with van der Waals surface area (Å²) in [7, 11) is 0. The van der Waals surface area contributed by atoms with Crippen LogP contribution in [-0.4, -0.2) is 27.4 Å². The SMILES string of the molecule is Cc1cc(N2CCCC2Cn2nc3c(cc2=O)CCCC3)ccn1. The molecule has 1 aliphatic carbocycles. The number of fused-ring (bicyclic) bond motifs is 1. The fraction of sp³-hybridized carbons (Fsp3) is 0.526. The van der Waals surface area contributed by atoms with E-state index in [1.54, 1.807) is 4.68 Å². The van der Waals surface area contributed by atoms with Gasteiger partial charge in [-0.05, 0) is 63.1 Å². The highest BCUT2D eigenvalue weighted by atomic mass is 16.1. The molecule has 2 aromatic rings. The third-order valence-electron chi connectivity index (χ3n) is 5.25. The average molecular weight is 324 g/mol. The monoisotopic (exact) mass is 324 g/mol. The average Bonchev–Trinajstić information content (AvgIpc) is 3.04. The van der Waals surface area contributed by atoms with Gasteiger partial charge < -0.3 is 4.90 Å². The first-order chi connectivity index (χ1) is 11.7. The van der Waals surface area contributed by atoms with Gasteiger partial charge in [0.25, 0.3) is 5.56 Å². The lowest BCUT2D eigenvalue weighted by atomic mass is 9.97. The second kappa shape index (κ2) is 6.38. The van der Waals surface area contributed by atoms with Crippen molar-refractivity contribution in [3.8, 4) is 0 Å². The van der Waals surface area contributed by atoms with E-state index in [4.69, 9.17) is 0 Å². The minimum Gasteiger partial charge on any atom is -0.367 e. The third-order valence-corrected chi connectivity index (χ3v) is 5.25. The van der Waals surface area contributed by atoms with Gasteiger partial charge in [0.2, 0.25) is 0 Å². The summed E-state index contributed by atoms with van der Waals surface area (Å²) in [6.07, 6.45) is 8.50. The summed E-state index contributed by atoms with van der Waals surface area (Å²) in [5, 5.41) is 4.69. The topological polar surface area (TPSA) is 51.0 Å². The van der Waals surface area contributed by atoms with E-state index in [9.17, 15) is 4.79 Å². The van der Waals surface area contributed by atoms with Crippen molar-refractivity contribution < 1.29 is 0 Å². The minimum absolute atomic E-state index is 0.0495. The van der Waals surface area contributed by atoms with E-state index in [1.165, 1.54) is 18.5 Å². The van der Waals surface area contributed by atoms with Crippen molar-refractivity contribution in [2.45, 2.75) is 58.0 Å². The van der Waals surface area contributed by atoms with Crippen LogP contribution in [0.15, 0.2) is 29.2 Å². The maximum atomic E-state index is 12.4. The van der Waals surface area contributed by atoms with Crippen molar-refractivity contribution in [1.29, 1.82) is 0 Å². The second-order valence-corrected chi connectivity index (χ2v) is 6.99. The predicted molar refractivity (Wildman–Crippen MR) is 94.5 cm³/mol. The highest BCUT2D eigenvalue weighted by molar-refractivity contribution is 5.48. The van der Waals surface area contributed by atoms with Crippen LogP contribution in [0.2, 0.25) is 0 Å². The molecule has 126 valence electrons. The molecular formula is C19H24N4O. The summed E-state index contributed by atoms with van der Waals surface area (Å²) >= 11 is 0. The summed E-state index contributed by atoms with van der Waals surface area (Å²) < 4.78 is 1.70. The van der Waals surface area contributed by atoms with Crippen molar-refractivity contribution in [2.75, 3.05) is 11.4 Å². The van der Waals surface area contributed by atoms with Gasteiger partial charge in [-0.25, -0.2) is 4.68 Å². The summed E-state index contributed by atoms with van der Waals surface area (Å²) in [6.45, 7) is 3.73. The van der Waals surface area contributed by atoms with E-state index >= 15 is 0 Å². The Kier molecular flexibility index (Phi) is 4.08. The van der Waals surface area contributed by atoms with Gasteiger partial charge in [-0.3, -0.25) is 9.78 Å². The van der Waals surface area contributed by atoms with Crippen LogP contribution in [0.3, 0.4) is 0 Å². The van der Waals surface area contributed by atoms with Gasteiger partial charge in [0.15, 0.2) is 0 Å². The molecule has 4 rings (SSSR count). The van der Waals surface area contributed by atoms with E-state index in [0.717, 1.165) is 49.2 Å². The highest BCUT2D eigenvalue weighted by Crippen LogP contribution is 2.26. The number of hydrogen-bond donors (Lipinski definition) is 0. The molecule has 0 bridgehead atoms. The van der Waals surface area contributed by atoms with Gasteiger partial charge in [0, 0.05) is 36.2 Å². The lowest BCUT2D eigenvalue weighted by molar-refractivity contribution is 0.473. The van der Waals surface area contributed by atoms with Crippen molar-refractivity contribution in [2.24, 2.45) is 0 Å². The van der Waals surface area contributed by atoms with Crippen LogP contribution in [0.25, 0.3) is 0 Å². The quantitative estimate of drug-likeness (QED) is 0.870. The molecule has 1 unspecified atom stereocenters. The molecule has 3 heterocycles. The van der Waals surface area contributed by atoms with E-state index in [0.29, 0.717) is 12.6 Å². The molecule has 24 heavy (non-hydrogen) atoms. The fourth-order valence-corrected chi connectivity index (χ4v) is 4.01. The summed E-state index contributed by atoms with van der Waals surface area (Å²) in [6, 6.07) is 6.34. The van der Waals surface area contributed by atoms with Crippen LogP contribution >= 0.6 is 0 Å². The molecule has 2 aromatic heterocycles. The van der Waals surface area contributed by atoms with E-state index in [1.807, 2.05) is 19.2 Å². The lowest BCUT2D eigenvalue weighted by Crippen LogP contribution is -2.38. The Morgan fingerprint density at radius 3 is 2.96 bits per heavy atom. The Labute approximate surface area is 142 Å². The molecule has 0 N–H and O–H groups in total. The highest BCUT2D eigenvalue weighted by Gasteiger charge is 2.26. The molecule has 2 aliphatic rings. The van der Waals surface area contributed by atoms with Gasteiger partial charge in [0.1, 0.15) is 0 Å². The Balaban J connectivity index is 1.59. The fourth-order valence-electron chi connectivity index (χ4n) is 4.01. The Hall–Kier alpha value is -2.17.